The molecule has 0 atom stereocenters. The highest BCUT2D eigenvalue weighted by atomic mass is 16.7. The summed E-state index contributed by atoms with van der Waals surface area (Å²) in [6, 6.07) is 1.73. The number of hydrogen-bond acceptors (Lipinski definition) is 4. The molecule has 0 unspecified atom stereocenters. The van der Waals surface area contributed by atoms with Crippen LogP contribution in [-0.4, -0.2) is 42.0 Å². The molecule has 0 aliphatic carbocycles. The van der Waals surface area contributed by atoms with Crippen molar-refractivity contribution in [3.8, 4) is 0 Å². The summed E-state index contributed by atoms with van der Waals surface area (Å²) in [5.74, 6) is -0.130. The van der Waals surface area contributed by atoms with Crippen LogP contribution >= 0.6 is 0 Å². The van der Waals surface area contributed by atoms with Crippen molar-refractivity contribution in [2.75, 3.05) is 6.54 Å². The second kappa shape index (κ2) is 6.33. The summed E-state index contributed by atoms with van der Waals surface area (Å²) >= 11 is 0. The van der Waals surface area contributed by atoms with E-state index in [1.54, 1.807) is 12.3 Å². The maximum atomic E-state index is 11.2. The molecule has 2 heterocycles. The summed E-state index contributed by atoms with van der Waals surface area (Å²) in [7, 11) is -0.554. The molecule has 0 bridgehead atoms. The Morgan fingerprint density at radius 1 is 1.30 bits per heavy atom. The number of aromatic nitrogens is 1. The number of amides is 1. The monoisotopic (exact) mass is 318 g/mol. The maximum Gasteiger partial charge on any atom is 0.492 e. The van der Waals surface area contributed by atoms with Gasteiger partial charge >= 0.3 is 7.12 Å². The first-order valence-electron chi connectivity index (χ1n) is 7.59. The highest BCUT2D eigenvalue weighted by Crippen LogP contribution is 2.38. The molecule has 1 aromatic rings. The van der Waals surface area contributed by atoms with Crippen molar-refractivity contribution in [3.05, 3.63) is 29.0 Å². The Balaban J connectivity index is 2.27. The van der Waals surface area contributed by atoms with E-state index >= 15 is 0 Å². The third-order valence-electron chi connectivity index (χ3n) is 4.30. The Morgan fingerprint density at radius 3 is 2.39 bits per heavy atom. The standard InChI is InChI=1S/C16H23BN2O4/c1-11(21)18-9-13(6-12-7-14(10-20)19-8-12)17-22-15(2,3)16(4,5)23-17/h6-8,10,19H,9H2,1-5H3,(H,18,21). The molecule has 1 saturated heterocycles. The van der Waals surface area contributed by atoms with E-state index in [1.165, 1.54) is 6.92 Å². The Hall–Kier alpha value is -1.86. The Bertz CT molecular complexity index is 618. The van der Waals surface area contributed by atoms with Crippen molar-refractivity contribution in [3.63, 3.8) is 0 Å². The van der Waals surface area contributed by atoms with E-state index in [9.17, 15) is 9.59 Å². The van der Waals surface area contributed by atoms with Crippen LogP contribution in [0.1, 0.15) is 50.7 Å². The predicted octanol–water partition coefficient (Wildman–Crippen LogP) is 1.98. The molecule has 2 rings (SSSR count). The van der Waals surface area contributed by atoms with Crippen molar-refractivity contribution >= 4 is 25.4 Å². The van der Waals surface area contributed by atoms with Gasteiger partial charge in [0.1, 0.15) is 0 Å². The van der Waals surface area contributed by atoms with Gasteiger partial charge in [-0.25, -0.2) is 0 Å². The van der Waals surface area contributed by atoms with E-state index in [4.69, 9.17) is 9.31 Å². The lowest BCUT2D eigenvalue weighted by molar-refractivity contribution is -0.118. The molecule has 1 fully saturated rings. The zero-order chi connectivity index (χ0) is 17.3. The number of carbonyl (C=O) groups excluding carboxylic acids is 2. The van der Waals surface area contributed by atoms with Crippen molar-refractivity contribution < 1.29 is 18.9 Å². The van der Waals surface area contributed by atoms with E-state index in [-0.39, 0.29) is 5.91 Å². The zero-order valence-electron chi connectivity index (χ0n) is 14.2. The minimum absolute atomic E-state index is 0.130. The van der Waals surface area contributed by atoms with Crippen molar-refractivity contribution in [2.45, 2.75) is 45.8 Å². The summed E-state index contributed by atoms with van der Waals surface area (Å²) < 4.78 is 12.1. The second-order valence-electron chi connectivity index (χ2n) is 6.72. The lowest BCUT2D eigenvalue weighted by Crippen LogP contribution is -2.41. The van der Waals surface area contributed by atoms with Gasteiger partial charge in [0.25, 0.3) is 0 Å². The van der Waals surface area contributed by atoms with Crippen LogP contribution in [0.2, 0.25) is 0 Å². The van der Waals surface area contributed by atoms with Gasteiger partial charge in [0.15, 0.2) is 6.29 Å². The molecule has 1 aromatic heterocycles. The van der Waals surface area contributed by atoms with Crippen LogP contribution < -0.4 is 5.32 Å². The molecule has 23 heavy (non-hydrogen) atoms. The third kappa shape index (κ3) is 3.92. The van der Waals surface area contributed by atoms with Gasteiger partial charge in [-0.3, -0.25) is 9.59 Å². The van der Waals surface area contributed by atoms with Crippen LogP contribution in [0.25, 0.3) is 6.08 Å². The van der Waals surface area contributed by atoms with Crippen LogP contribution in [-0.2, 0) is 14.1 Å². The smallest absolute Gasteiger partial charge is 0.400 e. The lowest BCUT2D eigenvalue weighted by Gasteiger charge is -2.32. The van der Waals surface area contributed by atoms with Gasteiger partial charge in [-0.15, -0.1) is 0 Å². The number of hydrogen-bond donors (Lipinski definition) is 2. The zero-order valence-corrected chi connectivity index (χ0v) is 14.2. The number of rotatable bonds is 5. The molecule has 6 nitrogen and oxygen atoms in total. The molecule has 0 spiro atoms. The first kappa shape index (κ1) is 17.5. The SMILES string of the molecule is CC(=O)NCC(=Cc1c[nH]c(C=O)c1)B1OC(C)(C)C(C)(C)O1. The number of aldehydes is 1. The van der Waals surface area contributed by atoms with Crippen molar-refractivity contribution in [2.24, 2.45) is 0 Å². The van der Waals surface area contributed by atoms with E-state index in [0.717, 1.165) is 17.3 Å². The molecule has 124 valence electrons. The summed E-state index contributed by atoms with van der Waals surface area (Å²) in [5, 5.41) is 2.77. The minimum Gasteiger partial charge on any atom is -0.400 e. The summed E-state index contributed by atoms with van der Waals surface area (Å²) in [5.41, 5.74) is 1.18. The summed E-state index contributed by atoms with van der Waals surface area (Å²) in [4.78, 5) is 24.9. The Morgan fingerprint density at radius 2 is 1.91 bits per heavy atom. The van der Waals surface area contributed by atoms with Gasteiger partial charge in [-0.05, 0) is 44.8 Å². The fourth-order valence-corrected chi connectivity index (χ4v) is 2.22. The normalized spacial score (nSPS) is 19.7. The Kier molecular flexibility index (Phi) is 4.82. The molecule has 0 aromatic carbocycles. The van der Waals surface area contributed by atoms with E-state index in [0.29, 0.717) is 12.2 Å². The highest BCUT2D eigenvalue weighted by molar-refractivity contribution is 6.56. The number of carbonyl (C=O) groups is 2. The third-order valence-corrected chi connectivity index (χ3v) is 4.30. The first-order valence-corrected chi connectivity index (χ1v) is 7.59. The average Bonchev–Trinajstić information content (AvgIpc) is 2.97. The average molecular weight is 318 g/mol. The van der Waals surface area contributed by atoms with Gasteiger partial charge in [0.05, 0.1) is 16.9 Å². The molecular formula is C16H23BN2O4. The van der Waals surface area contributed by atoms with E-state index in [2.05, 4.69) is 10.3 Å². The Labute approximate surface area is 136 Å². The van der Waals surface area contributed by atoms with Gasteiger partial charge < -0.3 is 19.6 Å². The number of nitrogens with one attached hydrogen (secondary N) is 2. The quantitative estimate of drug-likeness (QED) is 0.642. The summed E-state index contributed by atoms with van der Waals surface area (Å²) in [6.45, 7) is 9.68. The number of H-pyrrole nitrogens is 1. The van der Waals surface area contributed by atoms with Crippen LogP contribution in [0.5, 0.6) is 0 Å². The van der Waals surface area contributed by atoms with Crippen LogP contribution in [0, 0.1) is 0 Å². The van der Waals surface area contributed by atoms with Crippen molar-refractivity contribution in [1.82, 2.24) is 10.3 Å². The molecule has 1 amide bonds. The van der Waals surface area contributed by atoms with Crippen LogP contribution in [0.3, 0.4) is 0 Å². The molecule has 2 N–H and O–H groups in total. The predicted molar refractivity (Wildman–Crippen MR) is 88.9 cm³/mol. The molecule has 1 aliphatic rings. The van der Waals surface area contributed by atoms with E-state index in [1.807, 2.05) is 33.8 Å². The van der Waals surface area contributed by atoms with Gasteiger partial charge in [0, 0.05) is 19.7 Å². The molecule has 0 radical (unpaired) electrons. The van der Waals surface area contributed by atoms with Gasteiger partial charge in [0.2, 0.25) is 5.91 Å². The van der Waals surface area contributed by atoms with Crippen LogP contribution in [0.15, 0.2) is 17.7 Å². The molecular weight excluding hydrogens is 295 g/mol. The first-order chi connectivity index (χ1) is 10.6. The van der Waals surface area contributed by atoms with E-state index < -0.39 is 18.3 Å². The van der Waals surface area contributed by atoms with Gasteiger partial charge in [-0.2, -0.15) is 0 Å². The minimum atomic E-state index is -0.554. The summed E-state index contributed by atoms with van der Waals surface area (Å²) in [6.07, 6.45) is 4.34. The highest BCUT2D eigenvalue weighted by Gasteiger charge is 2.52. The fraction of sp³-hybridized carbons (Fsp3) is 0.500. The number of aromatic amines is 1. The molecule has 0 saturated carbocycles. The van der Waals surface area contributed by atoms with Gasteiger partial charge in [-0.1, -0.05) is 6.08 Å². The van der Waals surface area contributed by atoms with Crippen LogP contribution in [0.4, 0.5) is 0 Å². The largest absolute Gasteiger partial charge is 0.492 e. The maximum absolute atomic E-state index is 11.2. The molecule has 1 aliphatic heterocycles. The fourth-order valence-electron chi connectivity index (χ4n) is 2.22. The lowest BCUT2D eigenvalue weighted by atomic mass is 9.77. The topological polar surface area (TPSA) is 80.4 Å². The molecule has 7 heteroatoms. The van der Waals surface area contributed by atoms with Crippen molar-refractivity contribution in [1.29, 1.82) is 0 Å². The second-order valence-corrected chi connectivity index (χ2v) is 6.72.